The normalized spacial score (nSPS) is 20.1. The predicted octanol–water partition coefficient (Wildman–Crippen LogP) is 6.59. The molecule has 40 heavy (non-hydrogen) atoms. The van der Waals surface area contributed by atoms with Crippen molar-refractivity contribution in [3.05, 3.63) is 131 Å². The summed E-state index contributed by atoms with van der Waals surface area (Å²) in [6.07, 6.45) is 3.03. The van der Waals surface area contributed by atoms with Crippen molar-refractivity contribution in [3.63, 3.8) is 0 Å². The molecule has 0 saturated carbocycles. The number of anilines is 1. The van der Waals surface area contributed by atoms with E-state index in [1.165, 1.54) is 16.7 Å². The zero-order chi connectivity index (χ0) is 27.5. The summed E-state index contributed by atoms with van der Waals surface area (Å²) in [7, 11) is 0. The number of benzene rings is 4. The number of fused-ring (bicyclic) bond motifs is 1. The molecule has 2 N–H and O–H groups in total. The van der Waals surface area contributed by atoms with Crippen LogP contribution in [0.25, 0.3) is 0 Å². The van der Waals surface area contributed by atoms with Crippen molar-refractivity contribution in [1.29, 1.82) is 0 Å². The monoisotopic (exact) mass is 537 g/mol. The van der Waals surface area contributed by atoms with E-state index >= 15 is 0 Å². The van der Waals surface area contributed by atoms with Crippen LogP contribution in [0.1, 0.15) is 58.9 Å². The van der Waals surface area contributed by atoms with Crippen molar-refractivity contribution in [2.45, 2.75) is 49.7 Å². The van der Waals surface area contributed by atoms with Crippen LogP contribution < -0.4 is 9.64 Å². The largest absolute Gasteiger partial charge is 0.489 e. The van der Waals surface area contributed by atoms with E-state index in [0.717, 1.165) is 35.4 Å². The second-order valence-corrected chi connectivity index (χ2v) is 11.3. The first-order chi connectivity index (χ1) is 19.5. The number of aliphatic hydroxyl groups is 2. The maximum atomic E-state index is 13.8. The summed E-state index contributed by atoms with van der Waals surface area (Å²) in [5, 5.41) is 19.9. The smallest absolute Gasteiger partial charge is 0.123 e. The van der Waals surface area contributed by atoms with Crippen LogP contribution in [0.4, 0.5) is 10.1 Å². The van der Waals surface area contributed by atoms with Crippen LogP contribution >= 0.6 is 0 Å². The molecule has 0 spiro atoms. The van der Waals surface area contributed by atoms with Gasteiger partial charge in [-0.25, -0.2) is 4.39 Å². The van der Waals surface area contributed by atoms with Gasteiger partial charge in [-0.2, -0.15) is 0 Å². The molecule has 0 amide bonds. The number of ether oxygens (including phenoxy) is 1. The number of rotatable bonds is 7. The van der Waals surface area contributed by atoms with Gasteiger partial charge in [0.15, 0.2) is 0 Å². The van der Waals surface area contributed by atoms with E-state index in [4.69, 9.17) is 4.74 Å². The highest BCUT2D eigenvalue weighted by atomic mass is 19.1. The Morgan fingerprint density at radius 1 is 0.850 bits per heavy atom. The van der Waals surface area contributed by atoms with E-state index in [9.17, 15) is 14.6 Å². The van der Waals surface area contributed by atoms with Crippen molar-refractivity contribution < 1.29 is 19.3 Å². The molecular weight excluding hydrogens is 501 g/mol. The Kier molecular flexibility index (Phi) is 7.59. The minimum atomic E-state index is -0.964. The van der Waals surface area contributed by atoms with Crippen LogP contribution in [0.3, 0.4) is 0 Å². The molecule has 1 saturated heterocycles. The molecule has 0 aromatic heterocycles. The second-order valence-electron chi connectivity index (χ2n) is 11.3. The summed E-state index contributed by atoms with van der Waals surface area (Å²) in [6.45, 7) is 1.78. The molecule has 2 atom stereocenters. The molecule has 1 aliphatic heterocycles. The van der Waals surface area contributed by atoms with Gasteiger partial charge in [-0.3, -0.25) is 0 Å². The van der Waals surface area contributed by atoms with Crippen LogP contribution in [0.2, 0.25) is 0 Å². The molecule has 2 aliphatic rings. The minimum absolute atomic E-state index is 0.146. The number of aliphatic hydroxyl groups excluding tert-OH is 1. The van der Waals surface area contributed by atoms with E-state index in [1.807, 2.05) is 30.3 Å². The molecule has 6 rings (SSSR count). The standard InChI is InChI=1S/C35H36FNO3/c36-29-11-6-26(7-12-29)32-16-10-28-22-31(40-23-25-4-2-1-3-5-25)15-17-33(28)34(32)27-8-13-30(14-9-27)37-20-18-35(39,24-38)19-21-37/h1-9,11-15,17,22,32,34,38-39H,10,16,18-21,23-24H2. The quantitative estimate of drug-likeness (QED) is 0.279. The maximum Gasteiger partial charge on any atom is 0.123 e. The Balaban J connectivity index is 1.28. The third-order valence-electron chi connectivity index (χ3n) is 8.73. The molecule has 1 aliphatic carbocycles. The third kappa shape index (κ3) is 5.63. The fourth-order valence-electron chi connectivity index (χ4n) is 6.34. The summed E-state index contributed by atoms with van der Waals surface area (Å²) in [6, 6.07) is 32.5. The summed E-state index contributed by atoms with van der Waals surface area (Å²) in [4.78, 5) is 2.27. The zero-order valence-corrected chi connectivity index (χ0v) is 22.7. The number of hydrogen-bond donors (Lipinski definition) is 2. The lowest BCUT2D eigenvalue weighted by Crippen LogP contribution is -2.46. The van der Waals surface area contributed by atoms with Crippen LogP contribution in [0.15, 0.2) is 97.1 Å². The molecule has 4 nitrogen and oxygen atoms in total. The summed E-state index contributed by atoms with van der Waals surface area (Å²) >= 11 is 0. The molecule has 206 valence electrons. The van der Waals surface area contributed by atoms with Crippen LogP contribution in [-0.2, 0) is 13.0 Å². The Hall–Kier alpha value is -3.67. The number of nitrogens with zero attached hydrogens (tertiary/aromatic N) is 1. The number of hydrogen-bond acceptors (Lipinski definition) is 4. The highest BCUT2D eigenvalue weighted by molar-refractivity contribution is 5.53. The Morgan fingerprint density at radius 2 is 1.55 bits per heavy atom. The molecule has 1 heterocycles. The van der Waals surface area contributed by atoms with Crippen LogP contribution in [0, 0.1) is 5.82 Å². The van der Waals surface area contributed by atoms with Gasteiger partial charge in [0.2, 0.25) is 0 Å². The molecule has 1 fully saturated rings. The first-order valence-corrected chi connectivity index (χ1v) is 14.2. The number of aryl methyl sites for hydroxylation is 1. The van der Waals surface area contributed by atoms with E-state index in [1.54, 1.807) is 12.1 Å². The lowest BCUT2D eigenvalue weighted by Gasteiger charge is -2.38. The van der Waals surface area contributed by atoms with Crippen LogP contribution in [-0.4, -0.2) is 35.5 Å². The van der Waals surface area contributed by atoms with E-state index in [2.05, 4.69) is 59.5 Å². The minimum Gasteiger partial charge on any atom is -0.489 e. The van der Waals surface area contributed by atoms with Crippen molar-refractivity contribution in [3.8, 4) is 5.75 Å². The highest BCUT2D eigenvalue weighted by Gasteiger charge is 2.34. The Morgan fingerprint density at radius 3 is 2.25 bits per heavy atom. The van der Waals surface area contributed by atoms with Gasteiger partial charge >= 0.3 is 0 Å². The van der Waals surface area contributed by atoms with Gasteiger partial charge in [0.05, 0.1) is 12.2 Å². The molecule has 5 heteroatoms. The van der Waals surface area contributed by atoms with Crippen molar-refractivity contribution in [1.82, 2.24) is 0 Å². The zero-order valence-electron chi connectivity index (χ0n) is 22.7. The summed E-state index contributed by atoms with van der Waals surface area (Å²) in [5.74, 6) is 1.05. The molecule has 4 aromatic carbocycles. The van der Waals surface area contributed by atoms with Gasteiger partial charge in [-0.15, -0.1) is 0 Å². The van der Waals surface area contributed by atoms with Crippen molar-refractivity contribution in [2.24, 2.45) is 0 Å². The van der Waals surface area contributed by atoms with Gasteiger partial charge in [-0.05, 0) is 95.8 Å². The van der Waals surface area contributed by atoms with E-state index < -0.39 is 5.60 Å². The van der Waals surface area contributed by atoms with Gasteiger partial charge in [0.25, 0.3) is 0 Å². The average molecular weight is 538 g/mol. The SMILES string of the molecule is OCC1(O)CCN(c2ccc(C3c4ccc(OCc5ccccc5)cc4CCC3c3ccc(F)cc3)cc2)CC1. The Bertz CT molecular complexity index is 1410. The molecule has 0 radical (unpaired) electrons. The first-order valence-electron chi connectivity index (χ1n) is 14.2. The first kappa shape index (κ1) is 26.5. The van der Waals surface area contributed by atoms with Gasteiger partial charge in [0.1, 0.15) is 18.2 Å². The second kappa shape index (κ2) is 11.4. The van der Waals surface area contributed by atoms with E-state index in [-0.39, 0.29) is 24.3 Å². The summed E-state index contributed by atoms with van der Waals surface area (Å²) in [5.41, 5.74) is 6.30. The average Bonchev–Trinajstić information content (AvgIpc) is 3.01. The predicted molar refractivity (Wildman–Crippen MR) is 156 cm³/mol. The number of halogens is 1. The van der Waals surface area contributed by atoms with Crippen molar-refractivity contribution in [2.75, 3.05) is 24.6 Å². The topological polar surface area (TPSA) is 52.9 Å². The molecular formula is C35H36FNO3. The molecule has 4 aromatic rings. The fourth-order valence-corrected chi connectivity index (χ4v) is 6.34. The van der Waals surface area contributed by atoms with Gasteiger partial charge in [-0.1, -0.05) is 60.7 Å². The van der Waals surface area contributed by atoms with E-state index in [0.29, 0.717) is 32.5 Å². The summed E-state index contributed by atoms with van der Waals surface area (Å²) < 4.78 is 19.9. The third-order valence-corrected chi connectivity index (χ3v) is 8.73. The lowest BCUT2D eigenvalue weighted by molar-refractivity contribution is -0.0325. The van der Waals surface area contributed by atoms with Gasteiger partial charge < -0.3 is 19.8 Å². The number of piperidine rings is 1. The van der Waals surface area contributed by atoms with Gasteiger partial charge in [0, 0.05) is 24.7 Å². The van der Waals surface area contributed by atoms with Crippen molar-refractivity contribution >= 4 is 5.69 Å². The highest BCUT2D eigenvalue weighted by Crippen LogP contribution is 2.47. The lowest BCUT2D eigenvalue weighted by atomic mass is 9.69. The maximum absolute atomic E-state index is 13.8. The fraction of sp³-hybridized carbons (Fsp3) is 0.314. The molecule has 2 unspecified atom stereocenters. The Labute approximate surface area is 235 Å². The van der Waals surface area contributed by atoms with Crippen LogP contribution in [0.5, 0.6) is 5.75 Å². The molecule has 0 bridgehead atoms.